The smallest absolute Gasteiger partial charge is 0.238 e. The molecular formula is C17H21FN2O2. The van der Waals surface area contributed by atoms with Gasteiger partial charge in [0.05, 0.1) is 23.8 Å². The first-order valence-corrected chi connectivity index (χ1v) is 8.16. The first-order chi connectivity index (χ1) is 10.7. The predicted molar refractivity (Wildman–Crippen MR) is 81.5 cm³/mol. The number of carbonyl (C=O) groups is 1. The number of halogens is 1. The minimum atomic E-state index is -0.676. The summed E-state index contributed by atoms with van der Waals surface area (Å²) in [6.07, 6.45) is 3.43. The Morgan fingerprint density at radius 2 is 2.18 bits per heavy atom. The summed E-state index contributed by atoms with van der Waals surface area (Å²) in [6, 6.07) is 5.05. The summed E-state index contributed by atoms with van der Waals surface area (Å²) in [4.78, 5) is 14.9. The van der Waals surface area contributed by atoms with Gasteiger partial charge in [0.15, 0.2) is 0 Å². The van der Waals surface area contributed by atoms with Crippen molar-refractivity contribution in [1.82, 2.24) is 5.32 Å². The Bertz CT molecular complexity index is 592. The Morgan fingerprint density at radius 1 is 1.36 bits per heavy atom. The molecule has 1 unspecified atom stereocenters. The van der Waals surface area contributed by atoms with Crippen molar-refractivity contribution in [3.8, 4) is 0 Å². The van der Waals surface area contributed by atoms with Gasteiger partial charge in [0.2, 0.25) is 5.91 Å². The average Bonchev–Trinajstić information content (AvgIpc) is 3.12. The van der Waals surface area contributed by atoms with E-state index in [2.05, 4.69) is 5.32 Å². The van der Waals surface area contributed by atoms with Gasteiger partial charge in [0.1, 0.15) is 5.82 Å². The molecule has 1 N–H and O–H groups in total. The number of benzene rings is 1. The van der Waals surface area contributed by atoms with E-state index in [0.717, 1.165) is 38.2 Å². The monoisotopic (exact) mass is 304 g/mol. The molecule has 3 heterocycles. The fourth-order valence-corrected chi connectivity index (χ4v) is 4.18. The van der Waals surface area contributed by atoms with Crippen molar-refractivity contribution in [2.24, 2.45) is 0 Å². The Balaban J connectivity index is 1.75. The quantitative estimate of drug-likeness (QED) is 0.908. The molecule has 1 amide bonds. The van der Waals surface area contributed by atoms with Crippen LogP contribution in [0.3, 0.4) is 0 Å². The van der Waals surface area contributed by atoms with E-state index in [1.165, 1.54) is 6.07 Å². The highest BCUT2D eigenvalue weighted by Crippen LogP contribution is 2.48. The number of hydrogen-bond donors (Lipinski definition) is 1. The maximum atomic E-state index is 14.5. The largest absolute Gasteiger partial charge is 0.376 e. The fraction of sp³-hybridized carbons (Fsp3) is 0.588. The molecule has 0 bridgehead atoms. The number of hydrogen-bond acceptors (Lipinski definition) is 3. The molecule has 1 atom stereocenters. The number of fused-ring (bicyclic) bond motifs is 2. The Kier molecular flexibility index (Phi) is 3.42. The zero-order valence-corrected chi connectivity index (χ0v) is 12.6. The third kappa shape index (κ3) is 1.99. The van der Waals surface area contributed by atoms with Crippen LogP contribution >= 0.6 is 0 Å². The van der Waals surface area contributed by atoms with E-state index >= 15 is 0 Å². The SMILES string of the molecule is O=C1N(CC2CCCO2)c2cccc(F)c2C12CCNCC2. The van der Waals surface area contributed by atoms with Crippen LogP contribution in [0, 0.1) is 5.82 Å². The second-order valence-corrected chi connectivity index (χ2v) is 6.52. The van der Waals surface area contributed by atoms with Gasteiger partial charge in [-0.25, -0.2) is 4.39 Å². The molecule has 1 spiro atoms. The summed E-state index contributed by atoms with van der Waals surface area (Å²) >= 11 is 0. The topological polar surface area (TPSA) is 41.6 Å². The molecule has 2 fully saturated rings. The summed E-state index contributed by atoms with van der Waals surface area (Å²) in [5.41, 5.74) is 0.687. The van der Waals surface area contributed by atoms with Crippen LogP contribution in [0.2, 0.25) is 0 Å². The zero-order chi connectivity index (χ0) is 15.2. The highest BCUT2D eigenvalue weighted by molar-refractivity contribution is 6.08. The second-order valence-electron chi connectivity index (χ2n) is 6.52. The third-order valence-electron chi connectivity index (χ3n) is 5.28. The van der Waals surface area contributed by atoms with Gasteiger partial charge in [-0.2, -0.15) is 0 Å². The Morgan fingerprint density at radius 3 is 2.91 bits per heavy atom. The van der Waals surface area contributed by atoms with E-state index in [0.29, 0.717) is 24.9 Å². The van der Waals surface area contributed by atoms with Crippen LogP contribution in [-0.4, -0.2) is 38.3 Å². The summed E-state index contributed by atoms with van der Waals surface area (Å²) in [7, 11) is 0. The number of anilines is 1. The molecule has 0 aliphatic carbocycles. The molecule has 0 radical (unpaired) electrons. The van der Waals surface area contributed by atoms with Crippen molar-refractivity contribution in [2.45, 2.75) is 37.2 Å². The lowest BCUT2D eigenvalue weighted by Gasteiger charge is -2.33. The highest BCUT2D eigenvalue weighted by Gasteiger charge is 2.53. The van der Waals surface area contributed by atoms with Gasteiger partial charge in [0.25, 0.3) is 0 Å². The van der Waals surface area contributed by atoms with Gasteiger partial charge in [-0.15, -0.1) is 0 Å². The lowest BCUT2D eigenvalue weighted by atomic mass is 9.74. The van der Waals surface area contributed by atoms with E-state index < -0.39 is 5.41 Å². The van der Waals surface area contributed by atoms with E-state index in [1.54, 1.807) is 11.0 Å². The second kappa shape index (κ2) is 5.32. The fourth-order valence-electron chi connectivity index (χ4n) is 4.18. The van der Waals surface area contributed by atoms with Crippen molar-refractivity contribution in [1.29, 1.82) is 0 Å². The molecular weight excluding hydrogens is 283 g/mol. The molecule has 1 aromatic carbocycles. The van der Waals surface area contributed by atoms with Gasteiger partial charge in [-0.1, -0.05) is 6.07 Å². The number of nitrogens with one attached hydrogen (secondary N) is 1. The van der Waals surface area contributed by atoms with Gasteiger partial charge < -0.3 is 15.0 Å². The molecule has 3 aliphatic rings. The molecule has 0 aromatic heterocycles. The van der Waals surface area contributed by atoms with E-state index in [9.17, 15) is 9.18 Å². The van der Waals surface area contributed by atoms with Crippen molar-refractivity contribution < 1.29 is 13.9 Å². The van der Waals surface area contributed by atoms with Crippen LogP contribution in [-0.2, 0) is 14.9 Å². The van der Waals surface area contributed by atoms with Gasteiger partial charge in [0, 0.05) is 12.2 Å². The number of ether oxygens (including phenoxy) is 1. The predicted octanol–water partition coefficient (Wildman–Crippen LogP) is 1.97. The minimum Gasteiger partial charge on any atom is -0.376 e. The summed E-state index contributed by atoms with van der Waals surface area (Å²) in [5.74, 6) is -0.188. The summed E-state index contributed by atoms with van der Waals surface area (Å²) < 4.78 is 20.2. The summed E-state index contributed by atoms with van der Waals surface area (Å²) in [6.45, 7) is 2.82. The first-order valence-electron chi connectivity index (χ1n) is 8.16. The van der Waals surface area contributed by atoms with Gasteiger partial charge >= 0.3 is 0 Å². The highest BCUT2D eigenvalue weighted by atomic mass is 19.1. The third-order valence-corrected chi connectivity index (χ3v) is 5.28. The van der Waals surface area contributed by atoms with E-state index in [-0.39, 0.29) is 17.8 Å². The lowest BCUT2D eigenvalue weighted by molar-refractivity contribution is -0.124. The number of carbonyl (C=O) groups excluding carboxylic acids is 1. The normalized spacial score (nSPS) is 26.7. The van der Waals surface area contributed by atoms with Crippen molar-refractivity contribution in [3.05, 3.63) is 29.6 Å². The van der Waals surface area contributed by atoms with Crippen molar-refractivity contribution >= 4 is 11.6 Å². The van der Waals surface area contributed by atoms with Crippen LogP contribution in [0.1, 0.15) is 31.2 Å². The van der Waals surface area contributed by atoms with Crippen LogP contribution in [0.5, 0.6) is 0 Å². The van der Waals surface area contributed by atoms with Crippen LogP contribution in [0.4, 0.5) is 10.1 Å². The number of amides is 1. The molecule has 5 heteroatoms. The Hall–Kier alpha value is -1.46. The molecule has 4 nitrogen and oxygen atoms in total. The van der Waals surface area contributed by atoms with Gasteiger partial charge in [-0.3, -0.25) is 4.79 Å². The van der Waals surface area contributed by atoms with E-state index in [4.69, 9.17) is 4.74 Å². The van der Waals surface area contributed by atoms with Crippen LogP contribution < -0.4 is 10.2 Å². The van der Waals surface area contributed by atoms with Crippen molar-refractivity contribution in [2.75, 3.05) is 31.1 Å². The molecule has 3 aliphatic heterocycles. The van der Waals surface area contributed by atoms with Gasteiger partial charge in [-0.05, 0) is 50.9 Å². The number of nitrogens with zero attached hydrogens (tertiary/aromatic N) is 1. The minimum absolute atomic E-state index is 0.0598. The molecule has 4 rings (SSSR count). The number of piperidine rings is 1. The standard InChI is InChI=1S/C17H21FN2O2/c18-13-4-1-5-14-15(13)17(6-8-19-9-7-17)16(21)20(14)11-12-3-2-10-22-12/h1,4-5,12,19H,2-3,6-11H2. The molecule has 0 saturated carbocycles. The van der Waals surface area contributed by atoms with Crippen LogP contribution in [0.15, 0.2) is 18.2 Å². The first kappa shape index (κ1) is 14.2. The zero-order valence-electron chi connectivity index (χ0n) is 12.6. The molecule has 1 aromatic rings. The van der Waals surface area contributed by atoms with Crippen LogP contribution in [0.25, 0.3) is 0 Å². The van der Waals surface area contributed by atoms with Crippen molar-refractivity contribution in [3.63, 3.8) is 0 Å². The maximum absolute atomic E-state index is 14.5. The number of rotatable bonds is 2. The maximum Gasteiger partial charge on any atom is 0.238 e. The summed E-state index contributed by atoms with van der Waals surface area (Å²) in [5, 5.41) is 3.28. The molecule has 118 valence electrons. The lowest BCUT2D eigenvalue weighted by Crippen LogP contribution is -2.48. The Labute approximate surface area is 129 Å². The average molecular weight is 304 g/mol. The molecule has 22 heavy (non-hydrogen) atoms. The molecule has 2 saturated heterocycles. The van der Waals surface area contributed by atoms with E-state index in [1.807, 2.05) is 6.07 Å².